The number of nitrogens with zero attached hydrogens (tertiary/aromatic N) is 3. The molecule has 1 aromatic heterocycles. The van der Waals surface area contributed by atoms with Crippen molar-refractivity contribution < 1.29 is 4.55 Å². The number of hydrogen-bond donors (Lipinski definition) is 1. The molecule has 0 bridgehead atoms. The molecule has 0 saturated carbocycles. The van der Waals surface area contributed by atoms with Crippen molar-refractivity contribution in [1.82, 2.24) is 9.78 Å². The largest absolute Gasteiger partial charge is 0.611 e. The van der Waals surface area contributed by atoms with Crippen molar-refractivity contribution >= 4 is 40.2 Å². The molecule has 0 aliphatic carbocycles. The molecule has 0 amide bonds. The van der Waals surface area contributed by atoms with Crippen LogP contribution >= 0.6 is 23.2 Å². The zero-order valence-corrected chi connectivity index (χ0v) is 13.7. The number of halogens is 2. The number of aryl methyl sites for hydroxylation is 1. The SMILES string of the molecule is CC[S+]([O-])c1c(C#N)nn(-c2c(Cl)cc(C)cc2Cl)c1N. The van der Waals surface area contributed by atoms with E-state index in [9.17, 15) is 4.55 Å². The standard InChI is InChI=1S/C13H12Cl2N4OS/c1-3-21(20)12-10(6-16)18-19(13(12)17)11-8(14)4-7(2)5-9(11)15/h4-5H,3,17H2,1-2H3. The van der Waals surface area contributed by atoms with Crippen LogP contribution in [0.2, 0.25) is 10.0 Å². The Morgan fingerprint density at radius 2 is 2.00 bits per heavy atom. The lowest BCUT2D eigenvalue weighted by molar-refractivity contribution is 0.596. The first kappa shape index (κ1) is 16.0. The highest BCUT2D eigenvalue weighted by Gasteiger charge is 2.27. The van der Waals surface area contributed by atoms with Crippen molar-refractivity contribution in [3.05, 3.63) is 33.4 Å². The van der Waals surface area contributed by atoms with Gasteiger partial charge < -0.3 is 10.3 Å². The minimum absolute atomic E-state index is 0.0143. The van der Waals surface area contributed by atoms with Gasteiger partial charge in [-0.3, -0.25) is 0 Å². The molecule has 1 heterocycles. The highest BCUT2D eigenvalue weighted by atomic mass is 35.5. The Hall–Kier alpha value is -1.39. The minimum atomic E-state index is -1.40. The third-order valence-corrected chi connectivity index (χ3v) is 4.80. The summed E-state index contributed by atoms with van der Waals surface area (Å²) in [5.74, 6) is 0.444. The molecule has 21 heavy (non-hydrogen) atoms. The maximum absolute atomic E-state index is 12.0. The van der Waals surface area contributed by atoms with Gasteiger partial charge in [-0.25, -0.2) is 4.68 Å². The Morgan fingerprint density at radius 3 is 2.48 bits per heavy atom. The summed E-state index contributed by atoms with van der Waals surface area (Å²) in [5, 5.41) is 13.9. The average molecular weight is 343 g/mol. The van der Waals surface area contributed by atoms with E-state index in [1.54, 1.807) is 19.1 Å². The van der Waals surface area contributed by atoms with Crippen LogP contribution in [0.3, 0.4) is 0 Å². The predicted octanol–water partition coefficient (Wildman–Crippen LogP) is 3.07. The molecule has 5 nitrogen and oxygen atoms in total. The fraction of sp³-hybridized carbons (Fsp3) is 0.231. The van der Waals surface area contributed by atoms with Crippen molar-refractivity contribution in [2.45, 2.75) is 18.7 Å². The highest BCUT2D eigenvalue weighted by molar-refractivity contribution is 7.91. The van der Waals surface area contributed by atoms with Crippen LogP contribution in [0.1, 0.15) is 18.2 Å². The number of aromatic nitrogens is 2. The van der Waals surface area contributed by atoms with E-state index in [1.165, 1.54) is 4.68 Å². The average Bonchev–Trinajstić information content (AvgIpc) is 2.74. The molecule has 2 aromatic rings. The summed E-state index contributed by atoms with van der Waals surface area (Å²) in [5.41, 5.74) is 7.28. The van der Waals surface area contributed by atoms with E-state index in [2.05, 4.69) is 5.10 Å². The van der Waals surface area contributed by atoms with Crippen LogP contribution in [0.25, 0.3) is 5.69 Å². The molecule has 2 rings (SSSR count). The Morgan fingerprint density at radius 1 is 1.43 bits per heavy atom. The number of hydrogen-bond acceptors (Lipinski definition) is 4. The number of nitrogens with two attached hydrogens (primary N) is 1. The Bertz CT molecular complexity index is 715. The summed E-state index contributed by atoms with van der Waals surface area (Å²) >= 11 is 11.0. The van der Waals surface area contributed by atoms with E-state index in [4.69, 9.17) is 34.2 Å². The highest BCUT2D eigenvalue weighted by Crippen LogP contribution is 2.34. The number of nitrogen functional groups attached to an aromatic ring is 1. The first-order valence-corrected chi connectivity index (χ1v) is 8.11. The molecule has 2 N–H and O–H groups in total. The molecular weight excluding hydrogens is 331 g/mol. The molecule has 0 fully saturated rings. The van der Waals surface area contributed by atoms with Crippen LogP contribution in [0, 0.1) is 18.3 Å². The Balaban J connectivity index is 2.73. The fourth-order valence-corrected chi connectivity index (χ4v) is 3.59. The number of anilines is 1. The summed E-state index contributed by atoms with van der Waals surface area (Å²) in [6, 6.07) is 5.33. The van der Waals surface area contributed by atoms with Crippen molar-refractivity contribution in [2.75, 3.05) is 11.5 Å². The lowest BCUT2D eigenvalue weighted by Gasteiger charge is -2.11. The third-order valence-electron chi connectivity index (χ3n) is 2.84. The smallest absolute Gasteiger partial charge is 0.233 e. The van der Waals surface area contributed by atoms with Gasteiger partial charge in [-0.15, -0.1) is 5.10 Å². The molecule has 1 unspecified atom stereocenters. The molecule has 1 atom stereocenters. The van der Waals surface area contributed by atoms with Gasteiger partial charge in [0.25, 0.3) is 0 Å². The fourth-order valence-electron chi connectivity index (χ4n) is 1.92. The maximum Gasteiger partial charge on any atom is 0.233 e. The third kappa shape index (κ3) is 2.83. The quantitative estimate of drug-likeness (QED) is 0.867. The second-order valence-electron chi connectivity index (χ2n) is 4.30. The first-order valence-electron chi connectivity index (χ1n) is 6.03. The van der Waals surface area contributed by atoms with E-state index in [0.717, 1.165) is 5.56 Å². The summed E-state index contributed by atoms with van der Waals surface area (Å²) in [4.78, 5) is 0.215. The summed E-state index contributed by atoms with van der Waals surface area (Å²) in [6.07, 6.45) is 0. The van der Waals surface area contributed by atoms with Crippen molar-refractivity contribution in [3.8, 4) is 11.8 Å². The van der Waals surface area contributed by atoms with Crippen molar-refractivity contribution in [1.29, 1.82) is 5.26 Å². The number of nitriles is 1. The van der Waals surface area contributed by atoms with Gasteiger partial charge in [0, 0.05) is 0 Å². The second-order valence-corrected chi connectivity index (χ2v) is 6.79. The monoisotopic (exact) mass is 342 g/mol. The van der Waals surface area contributed by atoms with E-state index in [-0.39, 0.29) is 16.4 Å². The van der Waals surface area contributed by atoms with E-state index < -0.39 is 11.2 Å². The molecular formula is C13H12Cl2N4OS. The summed E-state index contributed by atoms with van der Waals surface area (Å²) in [6.45, 7) is 3.59. The van der Waals surface area contributed by atoms with Crippen molar-refractivity contribution in [2.24, 2.45) is 0 Å². The van der Waals surface area contributed by atoms with Gasteiger partial charge in [-0.05, 0) is 42.7 Å². The topological polar surface area (TPSA) is 90.7 Å². The van der Waals surface area contributed by atoms with Gasteiger partial charge in [-0.1, -0.05) is 23.2 Å². The lowest BCUT2D eigenvalue weighted by Crippen LogP contribution is -2.09. The molecule has 0 spiro atoms. The molecule has 1 aromatic carbocycles. The van der Waals surface area contributed by atoms with Gasteiger partial charge >= 0.3 is 0 Å². The summed E-state index contributed by atoms with van der Waals surface area (Å²) in [7, 11) is 0. The predicted molar refractivity (Wildman–Crippen MR) is 84.4 cm³/mol. The minimum Gasteiger partial charge on any atom is -0.611 e. The van der Waals surface area contributed by atoms with Crippen LogP contribution in [-0.2, 0) is 11.2 Å². The van der Waals surface area contributed by atoms with Crippen LogP contribution in [0.5, 0.6) is 0 Å². The van der Waals surface area contributed by atoms with Gasteiger partial charge in [-0.2, -0.15) is 5.26 Å². The van der Waals surface area contributed by atoms with Gasteiger partial charge in [0.2, 0.25) is 10.6 Å². The lowest BCUT2D eigenvalue weighted by atomic mass is 10.2. The van der Waals surface area contributed by atoms with E-state index in [0.29, 0.717) is 21.5 Å². The second kappa shape index (κ2) is 6.16. The van der Waals surface area contributed by atoms with Gasteiger partial charge in [0.1, 0.15) is 17.5 Å². The van der Waals surface area contributed by atoms with E-state index >= 15 is 0 Å². The van der Waals surface area contributed by atoms with Gasteiger partial charge in [0.15, 0.2) is 5.82 Å². The number of rotatable bonds is 3. The number of benzene rings is 1. The molecule has 0 saturated heterocycles. The van der Waals surface area contributed by atoms with Gasteiger partial charge in [0.05, 0.1) is 10.0 Å². The molecule has 0 radical (unpaired) electrons. The Kier molecular flexibility index (Phi) is 4.69. The Labute approximate surface area is 135 Å². The first-order chi connectivity index (χ1) is 9.90. The molecule has 0 aliphatic rings. The maximum atomic E-state index is 12.0. The van der Waals surface area contributed by atoms with Crippen LogP contribution in [-0.4, -0.2) is 20.1 Å². The summed E-state index contributed by atoms with van der Waals surface area (Å²) < 4.78 is 13.3. The van der Waals surface area contributed by atoms with Crippen LogP contribution < -0.4 is 5.73 Å². The zero-order valence-electron chi connectivity index (χ0n) is 11.4. The zero-order chi connectivity index (χ0) is 15.7. The molecule has 110 valence electrons. The molecule has 0 aliphatic heterocycles. The van der Waals surface area contributed by atoms with Crippen LogP contribution in [0.4, 0.5) is 5.82 Å². The van der Waals surface area contributed by atoms with Crippen LogP contribution in [0.15, 0.2) is 17.0 Å². The van der Waals surface area contributed by atoms with Crippen molar-refractivity contribution in [3.63, 3.8) is 0 Å². The molecule has 8 heteroatoms. The van der Waals surface area contributed by atoms with E-state index in [1.807, 2.05) is 13.0 Å². The normalized spacial score (nSPS) is 12.2.